The van der Waals surface area contributed by atoms with Gasteiger partial charge in [-0.3, -0.25) is 9.59 Å². The van der Waals surface area contributed by atoms with E-state index in [2.05, 4.69) is 50.0 Å². The van der Waals surface area contributed by atoms with Crippen molar-refractivity contribution < 1.29 is 19.1 Å². The summed E-state index contributed by atoms with van der Waals surface area (Å²) >= 11 is 3.53. The number of thioether (sulfide) groups is 1. The first kappa shape index (κ1) is 27.5. The molecule has 3 aromatic rings. The fourth-order valence-electron chi connectivity index (χ4n) is 3.52. The minimum absolute atomic E-state index is 0.135. The van der Waals surface area contributed by atoms with Crippen LogP contribution in [0, 0.1) is 17.4 Å². The summed E-state index contributed by atoms with van der Waals surface area (Å²) < 4.78 is 13.4. The summed E-state index contributed by atoms with van der Waals surface area (Å²) in [7, 11) is 3.05. The lowest BCUT2D eigenvalue weighted by molar-refractivity contribution is -0.113. The highest BCUT2D eigenvalue weighted by Gasteiger charge is 2.17. The van der Waals surface area contributed by atoms with Gasteiger partial charge in [0.15, 0.2) is 22.5 Å². The maximum atomic E-state index is 12.7. The molecule has 190 valence electrons. The summed E-state index contributed by atoms with van der Waals surface area (Å²) in [6.45, 7) is 8.33. The number of aryl methyl sites for hydroxylation is 2. The third kappa shape index (κ3) is 6.78. The highest BCUT2D eigenvalue weighted by molar-refractivity contribution is 14.1. The molecule has 1 aromatic heterocycles. The number of amides is 2. The molecule has 0 bridgehead atoms. The predicted molar refractivity (Wildman–Crippen MR) is 149 cm³/mol. The zero-order chi connectivity index (χ0) is 26.2. The van der Waals surface area contributed by atoms with Gasteiger partial charge in [-0.15, -0.1) is 16.8 Å². The van der Waals surface area contributed by atoms with Crippen LogP contribution in [-0.2, 0) is 17.9 Å². The topological polar surface area (TPSA) is 107 Å². The molecule has 9 nitrogen and oxygen atoms in total. The van der Waals surface area contributed by atoms with Crippen LogP contribution in [-0.4, -0.2) is 46.6 Å². The molecule has 0 radical (unpaired) electrons. The Morgan fingerprint density at radius 3 is 2.44 bits per heavy atom. The largest absolute Gasteiger partial charge is 0.493 e. The number of rotatable bonds is 11. The molecule has 0 aliphatic rings. The average molecular weight is 622 g/mol. The fourth-order valence-corrected chi connectivity index (χ4v) is 5.22. The summed E-state index contributed by atoms with van der Waals surface area (Å²) in [5.41, 5.74) is 3.28. The average Bonchev–Trinajstić information content (AvgIpc) is 3.24. The molecular formula is C25H28IN5O4S. The van der Waals surface area contributed by atoms with Crippen molar-refractivity contribution in [2.45, 2.75) is 32.1 Å². The first-order chi connectivity index (χ1) is 17.3. The molecule has 0 aliphatic carbocycles. The number of allylic oxidation sites excluding steroid dienone is 1. The van der Waals surface area contributed by atoms with Gasteiger partial charge in [0.05, 0.1) is 26.5 Å². The van der Waals surface area contributed by atoms with Gasteiger partial charge in [-0.25, -0.2) is 0 Å². The molecule has 0 saturated carbocycles. The molecule has 0 atom stereocenters. The number of carbonyl (C=O) groups is 2. The van der Waals surface area contributed by atoms with E-state index in [1.54, 1.807) is 24.3 Å². The lowest BCUT2D eigenvalue weighted by atomic mass is 10.1. The first-order valence-corrected chi connectivity index (χ1v) is 13.1. The summed E-state index contributed by atoms with van der Waals surface area (Å²) in [5, 5.41) is 14.8. The lowest BCUT2D eigenvalue weighted by Gasteiger charge is -2.13. The molecule has 11 heteroatoms. The normalized spacial score (nSPS) is 10.6. The van der Waals surface area contributed by atoms with Crippen LogP contribution >= 0.6 is 34.4 Å². The maximum absolute atomic E-state index is 12.7. The molecule has 2 aromatic carbocycles. The third-order valence-electron chi connectivity index (χ3n) is 5.25. The number of nitrogens with one attached hydrogen (secondary N) is 2. The Kier molecular flexibility index (Phi) is 9.76. The van der Waals surface area contributed by atoms with E-state index < -0.39 is 0 Å². The minimum atomic E-state index is -0.291. The van der Waals surface area contributed by atoms with E-state index in [0.717, 1.165) is 20.4 Å². The van der Waals surface area contributed by atoms with Crippen molar-refractivity contribution in [3.05, 3.63) is 69.1 Å². The van der Waals surface area contributed by atoms with Gasteiger partial charge in [0.1, 0.15) is 0 Å². The van der Waals surface area contributed by atoms with Gasteiger partial charge in [0, 0.05) is 21.4 Å². The van der Waals surface area contributed by atoms with Gasteiger partial charge in [0.2, 0.25) is 5.91 Å². The molecule has 0 saturated heterocycles. The zero-order valence-corrected chi connectivity index (χ0v) is 23.5. The number of ether oxygens (including phenoxy) is 2. The SMILES string of the molecule is C=CCn1c(CNC(=O)c2ccc(OC)c(OC)c2)nnc1SCC(=O)Nc1c(C)cc(I)cc1C. The lowest BCUT2D eigenvalue weighted by Crippen LogP contribution is -2.25. The van der Waals surface area contributed by atoms with E-state index in [1.807, 2.05) is 30.5 Å². The van der Waals surface area contributed by atoms with Crippen molar-refractivity contribution >= 4 is 51.9 Å². The summed E-state index contributed by atoms with van der Waals surface area (Å²) in [4.78, 5) is 25.3. The van der Waals surface area contributed by atoms with Crippen molar-refractivity contribution in [1.29, 1.82) is 0 Å². The van der Waals surface area contributed by atoms with E-state index in [9.17, 15) is 9.59 Å². The zero-order valence-electron chi connectivity index (χ0n) is 20.6. The van der Waals surface area contributed by atoms with Crippen LogP contribution in [0.15, 0.2) is 48.1 Å². The number of anilines is 1. The number of methoxy groups -OCH3 is 2. The van der Waals surface area contributed by atoms with Crippen LogP contribution in [0.2, 0.25) is 0 Å². The highest BCUT2D eigenvalue weighted by Crippen LogP contribution is 2.28. The van der Waals surface area contributed by atoms with Crippen molar-refractivity contribution in [3.8, 4) is 11.5 Å². The van der Waals surface area contributed by atoms with Crippen molar-refractivity contribution in [3.63, 3.8) is 0 Å². The van der Waals surface area contributed by atoms with Crippen molar-refractivity contribution in [1.82, 2.24) is 20.1 Å². The third-order valence-corrected chi connectivity index (χ3v) is 6.84. The molecule has 1 heterocycles. The highest BCUT2D eigenvalue weighted by atomic mass is 127. The number of nitrogens with zero attached hydrogens (tertiary/aromatic N) is 3. The molecule has 2 amide bonds. The maximum Gasteiger partial charge on any atom is 0.251 e. The Morgan fingerprint density at radius 1 is 1.11 bits per heavy atom. The molecule has 0 spiro atoms. The van der Waals surface area contributed by atoms with Crippen LogP contribution < -0.4 is 20.1 Å². The standard InChI is InChI=1S/C25H28IN5O4S/c1-6-9-31-21(13-27-24(33)17-7-8-19(34-4)20(12-17)35-5)29-30-25(31)36-14-22(32)28-23-15(2)10-18(26)11-16(23)3/h6-8,10-12H,1,9,13-14H2,2-5H3,(H,27,33)(H,28,32). The Morgan fingerprint density at radius 2 is 1.81 bits per heavy atom. The number of halogens is 1. The molecule has 0 fully saturated rings. The van der Waals surface area contributed by atoms with Gasteiger partial charge in [-0.1, -0.05) is 17.8 Å². The van der Waals surface area contributed by atoms with E-state index in [1.165, 1.54) is 26.0 Å². The fraction of sp³-hybridized carbons (Fsp3) is 0.280. The van der Waals surface area contributed by atoms with Crippen LogP contribution in [0.5, 0.6) is 11.5 Å². The van der Waals surface area contributed by atoms with Gasteiger partial charge >= 0.3 is 0 Å². The second-order valence-electron chi connectivity index (χ2n) is 7.80. The molecular weight excluding hydrogens is 593 g/mol. The summed E-state index contributed by atoms with van der Waals surface area (Å²) in [6.07, 6.45) is 1.71. The Bertz CT molecular complexity index is 1250. The van der Waals surface area contributed by atoms with E-state index in [-0.39, 0.29) is 24.1 Å². The van der Waals surface area contributed by atoms with Crippen LogP contribution in [0.25, 0.3) is 0 Å². The van der Waals surface area contributed by atoms with E-state index in [0.29, 0.717) is 34.6 Å². The van der Waals surface area contributed by atoms with Crippen molar-refractivity contribution in [2.24, 2.45) is 0 Å². The molecule has 3 rings (SSSR count). The number of hydrogen-bond donors (Lipinski definition) is 2. The molecule has 2 N–H and O–H groups in total. The number of carbonyl (C=O) groups excluding carboxylic acids is 2. The minimum Gasteiger partial charge on any atom is -0.493 e. The van der Waals surface area contributed by atoms with Crippen LogP contribution in [0.4, 0.5) is 5.69 Å². The molecule has 0 unspecified atom stereocenters. The van der Waals surface area contributed by atoms with Crippen LogP contribution in [0.1, 0.15) is 27.3 Å². The summed E-state index contributed by atoms with van der Waals surface area (Å²) in [6, 6.07) is 8.99. The predicted octanol–water partition coefficient (Wildman–Crippen LogP) is 4.36. The van der Waals surface area contributed by atoms with Gasteiger partial charge < -0.3 is 24.7 Å². The smallest absolute Gasteiger partial charge is 0.251 e. The second kappa shape index (κ2) is 12.8. The van der Waals surface area contributed by atoms with Gasteiger partial charge in [-0.05, 0) is 77.9 Å². The Labute approximate surface area is 228 Å². The number of aromatic nitrogens is 3. The second-order valence-corrected chi connectivity index (χ2v) is 9.99. The van der Waals surface area contributed by atoms with E-state index >= 15 is 0 Å². The Balaban J connectivity index is 1.65. The van der Waals surface area contributed by atoms with Crippen LogP contribution in [0.3, 0.4) is 0 Å². The number of hydrogen-bond acceptors (Lipinski definition) is 7. The van der Waals surface area contributed by atoms with Gasteiger partial charge in [-0.2, -0.15) is 0 Å². The molecule has 36 heavy (non-hydrogen) atoms. The molecule has 0 aliphatic heterocycles. The first-order valence-electron chi connectivity index (χ1n) is 11.0. The van der Waals surface area contributed by atoms with Crippen molar-refractivity contribution in [2.75, 3.05) is 25.3 Å². The summed E-state index contributed by atoms with van der Waals surface area (Å²) in [5.74, 6) is 1.30. The van der Waals surface area contributed by atoms with E-state index in [4.69, 9.17) is 9.47 Å². The monoisotopic (exact) mass is 621 g/mol. The quantitative estimate of drug-likeness (QED) is 0.186. The number of benzene rings is 2. The van der Waals surface area contributed by atoms with Gasteiger partial charge in [0.25, 0.3) is 5.91 Å². The Hall–Kier alpha value is -3.06.